The molecule has 10 N–H and O–H groups in total. The summed E-state index contributed by atoms with van der Waals surface area (Å²) >= 11 is 0. The van der Waals surface area contributed by atoms with E-state index in [-0.39, 0.29) is 5.48 Å². The van der Waals surface area contributed by atoms with Crippen molar-refractivity contribution in [2.24, 2.45) is 5.73 Å². The third-order valence-corrected chi connectivity index (χ3v) is 2.89. The Kier molecular flexibility index (Phi) is 6.25. The molecule has 0 saturated carbocycles. The first-order chi connectivity index (χ1) is 8.23. The van der Waals surface area contributed by atoms with E-state index in [1.165, 1.54) is 0 Å². The van der Waals surface area contributed by atoms with Crippen LogP contribution in [0.5, 0.6) is 0 Å². The first-order valence-corrected chi connectivity index (χ1v) is 5.27. The number of aliphatic hydroxyl groups is 5. The third-order valence-electron chi connectivity index (χ3n) is 2.89. The van der Waals surface area contributed by atoms with Gasteiger partial charge in [0.1, 0.15) is 18.3 Å². The van der Waals surface area contributed by atoms with Gasteiger partial charge in [0, 0.05) is 6.42 Å². The minimum absolute atomic E-state index is 0. The monoisotopic (exact) mass is 285 g/mol. The SMILES string of the molecule is N[C@H]1[C@H]([C@H](O)[C@H](O)CO)OC(O)(C(=O)O)C[C@@H]1O.O. The second kappa shape index (κ2) is 6.54. The molecule has 0 spiro atoms. The number of rotatable bonds is 4. The normalized spacial score (nSPS) is 38.1. The Morgan fingerprint density at radius 3 is 2.42 bits per heavy atom. The van der Waals surface area contributed by atoms with E-state index >= 15 is 0 Å². The molecule has 1 saturated heterocycles. The van der Waals surface area contributed by atoms with Gasteiger partial charge in [0.05, 0.1) is 18.8 Å². The van der Waals surface area contributed by atoms with Gasteiger partial charge in [-0.1, -0.05) is 0 Å². The topological polar surface area (TPSA) is 205 Å². The Bertz CT molecular complexity index is 314. The molecule has 10 nitrogen and oxygen atoms in total. The van der Waals surface area contributed by atoms with Gasteiger partial charge in [-0.15, -0.1) is 0 Å². The van der Waals surface area contributed by atoms with E-state index in [0.29, 0.717) is 0 Å². The smallest absolute Gasteiger partial charge is 0.364 e. The highest BCUT2D eigenvalue weighted by Gasteiger charge is 2.52. The highest BCUT2D eigenvalue weighted by Crippen LogP contribution is 2.29. The quantitative estimate of drug-likeness (QED) is 0.264. The Labute approximate surface area is 108 Å². The molecule has 114 valence electrons. The van der Waals surface area contributed by atoms with Crippen LogP contribution in [0.3, 0.4) is 0 Å². The zero-order chi connectivity index (χ0) is 14.1. The minimum atomic E-state index is -2.70. The zero-order valence-electron chi connectivity index (χ0n) is 9.88. The highest BCUT2D eigenvalue weighted by atomic mass is 16.7. The number of carboxylic acids is 1. The molecular weight excluding hydrogens is 266 g/mol. The number of hydrogen-bond donors (Lipinski definition) is 7. The molecule has 0 aromatic rings. The lowest BCUT2D eigenvalue weighted by atomic mass is 9.89. The Morgan fingerprint density at radius 2 is 2.00 bits per heavy atom. The predicted molar refractivity (Wildman–Crippen MR) is 58.8 cm³/mol. The summed E-state index contributed by atoms with van der Waals surface area (Å²) in [7, 11) is 0. The van der Waals surface area contributed by atoms with Crippen LogP contribution in [-0.4, -0.2) is 84.9 Å². The third kappa shape index (κ3) is 3.58. The fourth-order valence-corrected chi connectivity index (χ4v) is 1.75. The molecule has 1 fully saturated rings. The van der Waals surface area contributed by atoms with Crippen LogP contribution in [-0.2, 0) is 9.53 Å². The average Bonchev–Trinajstić information content (AvgIpc) is 2.31. The number of hydrogen-bond acceptors (Lipinski definition) is 8. The molecule has 0 radical (unpaired) electrons. The van der Waals surface area contributed by atoms with E-state index < -0.39 is 55.2 Å². The molecule has 1 unspecified atom stereocenters. The van der Waals surface area contributed by atoms with Crippen molar-refractivity contribution < 1.29 is 45.6 Å². The van der Waals surface area contributed by atoms with Crippen LogP contribution in [0.4, 0.5) is 0 Å². The molecule has 0 aromatic carbocycles. The molecule has 1 aliphatic rings. The van der Waals surface area contributed by atoms with Crippen LogP contribution in [0.2, 0.25) is 0 Å². The average molecular weight is 285 g/mol. The number of nitrogens with two attached hydrogens (primary N) is 1. The molecular formula is C9H19NO9. The van der Waals surface area contributed by atoms with E-state index in [1.54, 1.807) is 0 Å². The van der Waals surface area contributed by atoms with Crippen molar-refractivity contribution in [1.29, 1.82) is 0 Å². The fraction of sp³-hybridized carbons (Fsp3) is 0.889. The van der Waals surface area contributed by atoms with Crippen LogP contribution in [0.1, 0.15) is 6.42 Å². The Balaban J connectivity index is 0.00000324. The van der Waals surface area contributed by atoms with Gasteiger partial charge in [0.15, 0.2) is 0 Å². The highest BCUT2D eigenvalue weighted by molar-refractivity contribution is 5.75. The summed E-state index contributed by atoms with van der Waals surface area (Å²) in [6.07, 6.45) is -7.01. The van der Waals surface area contributed by atoms with E-state index in [4.69, 9.17) is 20.7 Å². The molecule has 0 aromatic heterocycles. The molecule has 0 bridgehead atoms. The lowest BCUT2D eigenvalue weighted by molar-refractivity contribution is -0.292. The van der Waals surface area contributed by atoms with Gasteiger partial charge in [-0.05, 0) is 0 Å². The van der Waals surface area contributed by atoms with Crippen molar-refractivity contribution >= 4 is 5.97 Å². The second-order valence-corrected chi connectivity index (χ2v) is 4.26. The van der Waals surface area contributed by atoms with Gasteiger partial charge < -0.3 is 46.6 Å². The number of aliphatic hydroxyl groups excluding tert-OH is 4. The van der Waals surface area contributed by atoms with Crippen LogP contribution < -0.4 is 5.73 Å². The van der Waals surface area contributed by atoms with Crippen molar-refractivity contribution in [3.63, 3.8) is 0 Å². The molecule has 19 heavy (non-hydrogen) atoms. The standard InChI is InChI=1S/C9H17NO8.H2O/c10-5-3(12)1-9(17,8(15)16)18-7(5)6(14)4(13)2-11;/h3-7,11-14,17H,1-2,10H2,(H,15,16);1H2/t3-,4+,5+,6+,7+,9?;/m0./s1. The van der Waals surface area contributed by atoms with Crippen molar-refractivity contribution in [3.8, 4) is 0 Å². The summed E-state index contributed by atoms with van der Waals surface area (Å²) in [5.41, 5.74) is 5.51. The number of carboxylic acid groups (broad SMARTS) is 1. The second-order valence-electron chi connectivity index (χ2n) is 4.26. The molecule has 0 amide bonds. The van der Waals surface area contributed by atoms with Crippen molar-refractivity contribution in [2.75, 3.05) is 6.61 Å². The first-order valence-electron chi connectivity index (χ1n) is 5.27. The largest absolute Gasteiger partial charge is 0.477 e. The molecule has 0 aliphatic carbocycles. The Morgan fingerprint density at radius 1 is 1.47 bits per heavy atom. The lowest BCUT2D eigenvalue weighted by Crippen LogP contribution is -2.65. The maximum Gasteiger partial charge on any atom is 0.364 e. The van der Waals surface area contributed by atoms with Gasteiger partial charge in [-0.3, -0.25) is 0 Å². The number of ether oxygens (including phenoxy) is 1. The maximum absolute atomic E-state index is 10.8. The first kappa shape index (κ1) is 18.1. The van der Waals surface area contributed by atoms with E-state index in [1.807, 2.05) is 0 Å². The summed E-state index contributed by atoms with van der Waals surface area (Å²) in [4.78, 5) is 10.8. The molecule has 1 aliphatic heterocycles. The minimum Gasteiger partial charge on any atom is -0.477 e. The van der Waals surface area contributed by atoms with Gasteiger partial charge in [0.25, 0.3) is 5.79 Å². The summed E-state index contributed by atoms with van der Waals surface area (Å²) < 4.78 is 4.75. The van der Waals surface area contributed by atoms with E-state index in [0.717, 1.165) is 0 Å². The van der Waals surface area contributed by atoms with Gasteiger partial charge >= 0.3 is 5.97 Å². The zero-order valence-corrected chi connectivity index (χ0v) is 9.88. The van der Waals surface area contributed by atoms with Crippen LogP contribution in [0.15, 0.2) is 0 Å². The molecule has 1 rings (SSSR count). The summed E-state index contributed by atoms with van der Waals surface area (Å²) in [5, 5.41) is 55.5. The molecule has 1 heterocycles. The van der Waals surface area contributed by atoms with E-state index in [2.05, 4.69) is 0 Å². The van der Waals surface area contributed by atoms with Crippen molar-refractivity contribution in [1.82, 2.24) is 0 Å². The van der Waals surface area contributed by atoms with Crippen LogP contribution >= 0.6 is 0 Å². The van der Waals surface area contributed by atoms with Crippen molar-refractivity contribution in [2.45, 2.75) is 42.7 Å². The summed E-state index contributed by atoms with van der Waals surface area (Å²) in [6.45, 7) is -0.810. The Hall–Kier alpha value is -0.850. The van der Waals surface area contributed by atoms with Gasteiger partial charge in [-0.2, -0.15) is 0 Å². The lowest BCUT2D eigenvalue weighted by Gasteiger charge is -2.43. The predicted octanol–water partition coefficient (Wildman–Crippen LogP) is -4.87. The number of carbonyl (C=O) groups is 1. The van der Waals surface area contributed by atoms with Crippen LogP contribution in [0, 0.1) is 0 Å². The van der Waals surface area contributed by atoms with Gasteiger partial charge in [0.2, 0.25) is 0 Å². The summed E-state index contributed by atoms with van der Waals surface area (Å²) in [5.74, 6) is -4.44. The summed E-state index contributed by atoms with van der Waals surface area (Å²) in [6, 6.07) is -1.21. The fourth-order valence-electron chi connectivity index (χ4n) is 1.75. The maximum atomic E-state index is 10.8. The molecule has 6 atom stereocenters. The molecule has 10 heteroatoms. The van der Waals surface area contributed by atoms with Crippen LogP contribution in [0.25, 0.3) is 0 Å². The van der Waals surface area contributed by atoms with E-state index in [9.17, 15) is 25.2 Å². The number of aliphatic carboxylic acids is 1. The van der Waals surface area contributed by atoms with Crippen molar-refractivity contribution in [3.05, 3.63) is 0 Å². The van der Waals surface area contributed by atoms with Gasteiger partial charge in [-0.25, -0.2) is 4.79 Å².